The van der Waals surface area contributed by atoms with Crippen LogP contribution in [0.4, 0.5) is 0 Å². The zero-order valence-corrected chi connectivity index (χ0v) is 19.7. The van der Waals surface area contributed by atoms with Gasteiger partial charge in [0.25, 0.3) is 0 Å². The largest absolute Gasteiger partial charge is 0.338 e. The van der Waals surface area contributed by atoms with E-state index in [9.17, 15) is 16.8 Å². The average Bonchev–Trinajstić information content (AvgIpc) is 3.15. The highest BCUT2D eigenvalue weighted by atomic mass is 32.2. The monoisotopic (exact) mass is 463 g/mol. The van der Waals surface area contributed by atoms with Crippen molar-refractivity contribution in [1.29, 1.82) is 0 Å². The summed E-state index contributed by atoms with van der Waals surface area (Å²) < 4.78 is 55.0. The van der Waals surface area contributed by atoms with E-state index in [1.54, 1.807) is 0 Å². The molecule has 0 radical (unpaired) electrons. The molecular formula is C21H25N3O5S2. The van der Waals surface area contributed by atoms with E-state index in [0.717, 1.165) is 16.1 Å². The molecule has 1 heterocycles. The molecule has 31 heavy (non-hydrogen) atoms. The Morgan fingerprint density at radius 3 is 1.97 bits per heavy atom. The molecule has 0 atom stereocenters. The highest BCUT2D eigenvalue weighted by Crippen LogP contribution is 2.25. The van der Waals surface area contributed by atoms with Crippen LogP contribution in [0.3, 0.4) is 0 Å². The van der Waals surface area contributed by atoms with Crippen molar-refractivity contribution >= 4 is 19.9 Å². The molecule has 0 saturated heterocycles. The first kappa shape index (κ1) is 23.1. The zero-order valence-electron chi connectivity index (χ0n) is 18.0. The van der Waals surface area contributed by atoms with Crippen LogP contribution >= 0.6 is 0 Å². The summed E-state index contributed by atoms with van der Waals surface area (Å²) in [6.45, 7) is 6.25. The maximum Gasteiger partial charge on any atom is 0.243 e. The van der Waals surface area contributed by atoms with Crippen molar-refractivity contribution in [1.82, 2.24) is 14.4 Å². The van der Waals surface area contributed by atoms with Gasteiger partial charge in [0.1, 0.15) is 0 Å². The lowest BCUT2D eigenvalue weighted by Gasteiger charge is -2.18. The van der Waals surface area contributed by atoms with Crippen molar-refractivity contribution in [3.63, 3.8) is 0 Å². The normalized spacial score (nSPS) is 13.0. The molecule has 8 nitrogen and oxygen atoms in total. The van der Waals surface area contributed by atoms with Crippen LogP contribution in [0, 0.1) is 0 Å². The molecule has 0 unspecified atom stereocenters. The van der Waals surface area contributed by atoms with Gasteiger partial charge in [-0.1, -0.05) is 50.2 Å². The molecule has 3 aromatic rings. The topological polar surface area (TPSA) is 110 Å². The second-order valence-corrected chi connectivity index (χ2v) is 12.4. The standard InChI is InChI=1S/C21H25N3O5S2/c1-21(2,3)16-8-6-15(7-9-16)20-22-19(29-23-20)14-24(4)31(27,28)18-12-10-17(11-13-18)30(5,25)26/h6-13H,14H2,1-5H3. The van der Waals surface area contributed by atoms with Gasteiger partial charge in [0.2, 0.25) is 21.7 Å². The third-order valence-corrected chi connectivity index (χ3v) is 7.74. The Bertz CT molecular complexity index is 1270. The van der Waals surface area contributed by atoms with Gasteiger partial charge in [0.15, 0.2) is 9.84 Å². The van der Waals surface area contributed by atoms with E-state index in [1.165, 1.54) is 36.9 Å². The van der Waals surface area contributed by atoms with Crippen molar-refractivity contribution in [2.24, 2.45) is 0 Å². The Morgan fingerprint density at radius 2 is 1.45 bits per heavy atom. The van der Waals surface area contributed by atoms with E-state index in [2.05, 4.69) is 30.9 Å². The summed E-state index contributed by atoms with van der Waals surface area (Å²) in [6, 6.07) is 12.9. The van der Waals surface area contributed by atoms with Crippen molar-refractivity contribution in [3.05, 3.63) is 60.0 Å². The fraction of sp³-hybridized carbons (Fsp3) is 0.333. The summed E-state index contributed by atoms with van der Waals surface area (Å²) in [4.78, 5) is 4.32. The molecule has 0 bridgehead atoms. The summed E-state index contributed by atoms with van der Waals surface area (Å²) in [6.07, 6.45) is 1.06. The Labute approximate surface area is 182 Å². The van der Waals surface area contributed by atoms with Gasteiger partial charge >= 0.3 is 0 Å². The van der Waals surface area contributed by atoms with E-state index < -0.39 is 19.9 Å². The Hall–Kier alpha value is -2.56. The SMILES string of the molecule is CN(Cc1nc(-c2ccc(C(C)(C)C)cc2)no1)S(=O)(=O)c1ccc(S(C)(=O)=O)cc1. The highest BCUT2D eigenvalue weighted by Gasteiger charge is 2.24. The number of hydrogen-bond acceptors (Lipinski definition) is 7. The minimum Gasteiger partial charge on any atom is -0.338 e. The lowest BCUT2D eigenvalue weighted by atomic mass is 9.87. The molecule has 0 amide bonds. The predicted molar refractivity (Wildman–Crippen MR) is 117 cm³/mol. The number of sulfonamides is 1. The second-order valence-electron chi connectivity index (χ2n) is 8.34. The van der Waals surface area contributed by atoms with Gasteiger partial charge in [-0.05, 0) is 35.2 Å². The van der Waals surface area contributed by atoms with Gasteiger partial charge in [-0.2, -0.15) is 9.29 Å². The van der Waals surface area contributed by atoms with Gasteiger partial charge in [0.05, 0.1) is 16.3 Å². The second kappa shape index (κ2) is 8.18. The Balaban J connectivity index is 1.76. The molecule has 0 saturated carbocycles. The Kier molecular flexibility index (Phi) is 6.09. The third-order valence-electron chi connectivity index (χ3n) is 4.80. The van der Waals surface area contributed by atoms with E-state index in [4.69, 9.17) is 4.52 Å². The number of hydrogen-bond donors (Lipinski definition) is 0. The van der Waals surface area contributed by atoms with Gasteiger partial charge in [-0.3, -0.25) is 0 Å². The summed E-state index contributed by atoms with van der Waals surface area (Å²) >= 11 is 0. The van der Waals surface area contributed by atoms with Gasteiger partial charge in [-0.15, -0.1) is 0 Å². The lowest BCUT2D eigenvalue weighted by molar-refractivity contribution is 0.337. The van der Waals surface area contributed by atoms with Crippen LogP contribution in [0.1, 0.15) is 32.2 Å². The molecule has 10 heteroatoms. The molecule has 0 aliphatic carbocycles. The number of aromatic nitrogens is 2. The van der Waals surface area contributed by atoms with Crippen molar-refractivity contribution < 1.29 is 21.4 Å². The van der Waals surface area contributed by atoms with Crippen LogP contribution in [-0.4, -0.2) is 44.6 Å². The fourth-order valence-corrected chi connectivity index (χ4v) is 4.62. The van der Waals surface area contributed by atoms with E-state index in [-0.39, 0.29) is 27.6 Å². The molecule has 0 N–H and O–H groups in total. The first-order chi connectivity index (χ1) is 14.3. The summed E-state index contributed by atoms with van der Waals surface area (Å²) in [7, 11) is -5.89. The van der Waals surface area contributed by atoms with Crippen LogP contribution in [0.2, 0.25) is 0 Å². The molecule has 0 aliphatic rings. The van der Waals surface area contributed by atoms with E-state index in [1.807, 2.05) is 24.3 Å². The molecular weight excluding hydrogens is 438 g/mol. The summed E-state index contributed by atoms with van der Waals surface area (Å²) in [5.74, 6) is 0.521. The van der Waals surface area contributed by atoms with Crippen LogP contribution in [-0.2, 0) is 31.8 Å². The molecule has 2 aromatic carbocycles. The smallest absolute Gasteiger partial charge is 0.243 e. The lowest BCUT2D eigenvalue weighted by Crippen LogP contribution is -2.26. The molecule has 1 aromatic heterocycles. The number of rotatable bonds is 6. The summed E-state index contributed by atoms with van der Waals surface area (Å²) in [5, 5.41) is 3.95. The van der Waals surface area contributed by atoms with Crippen LogP contribution in [0.5, 0.6) is 0 Å². The van der Waals surface area contributed by atoms with Crippen LogP contribution in [0.15, 0.2) is 62.8 Å². The average molecular weight is 464 g/mol. The van der Waals surface area contributed by atoms with Crippen molar-refractivity contribution in [2.75, 3.05) is 13.3 Å². The molecule has 0 aliphatic heterocycles. The highest BCUT2D eigenvalue weighted by molar-refractivity contribution is 7.90. The maximum atomic E-state index is 12.8. The number of benzene rings is 2. The molecule has 0 spiro atoms. The van der Waals surface area contributed by atoms with Crippen LogP contribution in [0.25, 0.3) is 11.4 Å². The molecule has 3 rings (SSSR count). The van der Waals surface area contributed by atoms with Gasteiger partial charge < -0.3 is 4.52 Å². The van der Waals surface area contributed by atoms with Crippen molar-refractivity contribution in [3.8, 4) is 11.4 Å². The van der Waals surface area contributed by atoms with Gasteiger partial charge in [-0.25, -0.2) is 16.8 Å². The number of sulfone groups is 1. The number of nitrogens with zero attached hydrogens (tertiary/aromatic N) is 3. The summed E-state index contributed by atoms with van der Waals surface area (Å²) in [5.41, 5.74) is 1.97. The van der Waals surface area contributed by atoms with Crippen molar-refractivity contribution in [2.45, 2.75) is 42.5 Å². The molecule has 0 fully saturated rings. The quantitative estimate of drug-likeness (QED) is 0.552. The minimum absolute atomic E-state index is 0.0253. The fourth-order valence-electron chi connectivity index (χ4n) is 2.87. The van der Waals surface area contributed by atoms with Crippen LogP contribution < -0.4 is 0 Å². The minimum atomic E-state index is -3.87. The zero-order chi connectivity index (χ0) is 23.0. The molecule has 166 valence electrons. The first-order valence-corrected chi connectivity index (χ1v) is 12.8. The maximum absolute atomic E-state index is 12.8. The first-order valence-electron chi connectivity index (χ1n) is 9.48. The predicted octanol–water partition coefficient (Wildman–Crippen LogP) is 3.26. The van der Waals surface area contributed by atoms with E-state index >= 15 is 0 Å². The van der Waals surface area contributed by atoms with Gasteiger partial charge in [0, 0.05) is 18.9 Å². The third kappa shape index (κ3) is 5.20. The van der Waals surface area contributed by atoms with E-state index in [0.29, 0.717) is 5.82 Å². The Morgan fingerprint density at radius 1 is 0.903 bits per heavy atom.